The van der Waals surface area contributed by atoms with Crippen LogP contribution in [0.5, 0.6) is 0 Å². The monoisotopic (exact) mass is 192 g/mol. The second kappa shape index (κ2) is 3.44. The van der Waals surface area contributed by atoms with E-state index >= 15 is 0 Å². The van der Waals surface area contributed by atoms with E-state index < -0.39 is 0 Å². The second-order valence-corrected chi connectivity index (χ2v) is 3.93. The van der Waals surface area contributed by atoms with Crippen molar-refractivity contribution in [3.05, 3.63) is 11.8 Å². The van der Waals surface area contributed by atoms with Crippen molar-refractivity contribution in [2.75, 3.05) is 17.7 Å². The third-order valence-corrected chi connectivity index (χ3v) is 2.52. The Hall–Kier alpha value is -1.32. The Morgan fingerprint density at radius 2 is 2.14 bits per heavy atom. The van der Waals surface area contributed by atoms with Crippen LogP contribution in [0.15, 0.2) is 6.07 Å². The lowest BCUT2D eigenvalue weighted by atomic mass is 10.4. The zero-order chi connectivity index (χ0) is 10.1. The first kappa shape index (κ1) is 9.24. The molecular formula is C10H16N4. The zero-order valence-electron chi connectivity index (χ0n) is 8.83. The van der Waals surface area contributed by atoms with Crippen LogP contribution in [-0.2, 0) is 0 Å². The lowest BCUT2D eigenvalue weighted by Crippen LogP contribution is -2.08. The van der Waals surface area contributed by atoms with Crippen molar-refractivity contribution in [1.29, 1.82) is 0 Å². The summed E-state index contributed by atoms with van der Waals surface area (Å²) in [4.78, 5) is 8.57. The van der Waals surface area contributed by atoms with Gasteiger partial charge in [0.15, 0.2) is 0 Å². The van der Waals surface area contributed by atoms with E-state index in [1.54, 1.807) is 0 Å². The third-order valence-electron chi connectivity index (χ3n) is 2.52. The molecule has 1 saturated carbocycles. The van der Waals surface area contributed by atoms with Crippen molar-refractivity contribution >= 4 is 11.8 Å². The first-order valence-electron chi connectivity index (χ1n) is 4.99. The summed E-state index contributed by atoms with van der Waals surface area (Å²) < 4.78 is 0. The Morgan fingerprint density at radius 1 is 1.43 bits per heavy atom. The summed E-state index contributed by atoms with van der Waals surface area (Å²) in [5, 5.41) is 6.34. The van der Waals surface area contributed by atoms with Gasteiger partial charge in [0.25, 0.3) is 0 Å². The maximum atomic E-state index is 4.33. The Balaban J connectivity index is 2.12. The molecule has 1 fully saturated rings. The fourth-order valence-corrected chi connectivity index (χ4v) is 1.47. The lowest BCUT2D eigenvalue weighted by Gasteiger charge is -2.07. The Kier molecular flexibility index (Phi) is 2.27. The molecule has 2 rings (SSSR count). The van der Waals surface area contributed by atoms with Crippen molar-refractivity contribution in [3.8, 4) is 0 Å². The number of aromatic nitrogens is 2. The van der Waals surface area contributed by atoms with E-state index in [0.717, 1.165) is 17.4 Å². The van der Waals surface area contributed by atoms with Crippen LogP contribution < -0.4 is 10.6 Å². The molecule has 2 atom stereocenters. The molecule has 2 unspecified atom stereocenters. The van der Waals surface area contributed by atoms with Gasteiger partial charge in [-0.3, -0.25) is 0 Å². The summed E-state index contributed by atoms with van der Waals surface area (Å²) in [6.07, 6.45) is 1.25. The van der Waals surface area contributed by atoms with Crippen LogP contribution >= 0.6 is 0 Å². The van der Waals surface area contributed by atoms with Gasteiger partial charge >= 0.3 is 0 Å². The molecule has 1 aliphatic carbocycles. The van der Waals surface area contributed by atoms with Crippen LogP contribution in [0.1, 0.15) is 19.0 Å². The summed E-state index contributed by atoms with van der Waals surface area (Å²) in [6.45, 7) is 4.22. The van der Waals surface area contributed by atoms with Crippen molar-refractivity contribution in [1.82, 2.24) is 9.97 Å². The number of rotatable bonds is 3. The van der Waals surface area contributed by atoms with E-state index in [1.807, 2.05) is 20.0 Å². The predicted octanol–water partition coefficient (Wildman–Crippen LogP) is 1.65. The molecule has 0 saturated heterocycles. The first-order valence-corrected chi connectivity index (χ1v) is 4.99. The van der Waals surface area contributed by atoms with Gasteiger partial charge in [-0.2, -0.15) is 4.98 Å². The molecule has 0 aliphatic heterocycles. The molecule has 0 amide bonds. The molecule has 0 radical (unpaired) electrons. The molecule has 14 heavy (non-hydrogen) atoms. The highest BCUT2D eigenvalue weighted by atomic mass is 15.1. The van der Waals surface area contributed by atoms with Gasteiger partial charge in [0.2, 0.25) is 5.95 Å². The average Bonchev–Trinajstić information content (AvgIpc) is 2.80. The first-order chi connectivity index (χ1) is 6.69. The normalized spacial score (nSPS) is 24.5. The van der Waals surface area contributed by atoms with Gasteiger partial charge in [-0.05, 0) is 19.3 Å². The molecule has 2 N–H and O–H groups in total. The number of nitrogens with one attached hydrogen (secondary N) is 2. The van der Waals surface area contributed by atoms with Crippen molar-refractivity contribution in [3.63, 3.8) is 0 Å². The number of anilines is 2. The van der Waals surface area contributed by atoms with Gasteiger partial charge in [-0.1, -0.05) is 6.92 Å². The van der Waals surface area contributed by atoms with Crippen LogP contribution in [-0.4, -0.2) is 23.1 Å². The summed E-state index contributed by atoms with van der Waals surface area (Å²) in [7, 11) is 1.83. The minimum absolute atomic E-state index is 0.606. The second-order valence-electron chi connectivity index (χ2n) is 3.93. The molecule has 0 aromatic carbocycles. The molecule has 4 heteroatoms. The van der Waals surface area contributed by atoms with Crippen LogP contribution in [0.3, 0.4) is 0 Å². The number of aryl methyl sites for hydroxylation is 1. The average molecular weight is 192 g/mol. The van der Waals surface area contributed by atoms with Crippen molar-refractivity contribution < 1.29 is 0 Å². The van der Waals surface area contributed by atoms with Gasteiger partial charge in [0, 0.05) is 24.8 Å². The fourth-order valence-electron chi connectivity index (χ4n) is 1.47. The summed E-state index contributed by atoms with van der Waals surface area (Å²) in [6, 6.07) is 2.58. The van der Waals surface area contributed by atoms with E-state index in [-0.39, 0.29) is 0 Å². The highest BCUT2D eigenvalue weighted by Crippen LogP contribution is 2.32. The number of nitrogens with zero attached hydrogens (tertiary/aromatic N) is 2. The minimum atomic E-state index is 0.606. The maximum Gasteiger partial charge on any atom is 0.224 e. The predicted molar refractivity (Wildman–Crippen MR) is 57.5 cm³/mol. The fraction of sp³-hybridized carbons (Fsp3) is 0.600. The Labute approximate surface area is 84.2 Å². The zero-order valence-corrected chi connectivity index (χ0v) is 8.83. The molecule has 0 bridgehead atoms. The van der Waals surface area contributed by atoms with Crippen LogP contribution in [0, 0.1) is 12.8 Å². The van der Waals surface area contributed by atoms with E-state index in [4.69, 9.17) is 0 Å². The minimum Gasteiger partial charge on any atom is -0.367 e. The molecule has 76 valence electrons. The highest BCUT2D eigenvalue weighted by molar-refractivity contribution is 5.43. The Morgan fingerprint density at radius 3 is 2.71 bits per heavy atom. The SMILES string of the molecule is CNc1nc(C)cc(NC2CC2C)n1. The van der Waals surface area contributed by atoms with Crippen molar-refractivity contribution in [2.45, 2.75) is 26.3 Å². The van der Waals surface area contributed by atoms with E-state index in [9.17, 15) is 0 Å². The Bertz CT molecular complexity index is 337. The third kappa shape index (κ3) is 1.95. The summed E-state index contributed by atoms with van der Waals surface area (Å²) in [5.74, 6) is 2.39. The van der Waals surface area contributed by atoms with E-state index in [2.05, 4.69) is 27.5 Å². The quantitative estimate of drug-likeness (QED) is 0.764. The molecule has 1 aromatic heterocycles. The summed E-state index contributed by atoms with van der Waals surface area (Å²) in [5.41, 5.74) is 0.986. The molecule has 1 aliphatic rings. The van der Waals surface area contributed by atoms with Gasteiger partial charge in [0.05, 0.1) is 0 Å². The molecule has 1 heterocycles. The van der Waals surface area contributed by atoms with Crippen LogP contribution in [0.25, 0.3) is 0 Å². The summed E-state index contributed by atoms with van der Waals surface area (Å²) >= 11 is 0. The largest absolute Gasteiger partial charge is 0.367 e. The molecule has 4 nitrogen and oxygen atoms in total. The molecular weight excluding hydrogens is 176 g/mol. The van der Waals surface area contributed by atoms with E-state index in [1.165, 1.54) is 6.42 Å². The number of hydrogen-bond donors (Lipinski definition) is 2. The molecule has 0 spiro atoms. The van der Waals surface area contributed by atoms with E-state index in [0.29, 0.717) is 12.0 Å². The van der Waals surface area contributed by atoms with Crippen LogP contribution in [0.2, 0.25) is 0 Å². The maximum absolute atomic E-state index is 4.33. The number of hydrogen-bond acceptors (Lipinski definition) is 4. The lowest BCUT2D eigenvalue weighted by molar-refractivity contribution is 0.920. The van der Waals surface area contributed by atoms with Gasteiger partial charge in [0.1, 0.15) is 5.82 Å². The van der Waals surface area contributed by atoms with Gasteiger partial charge < -0.3 is 10.6 Å². The van der Waals surface area contributed by atoms with Crippen LogP contribution in [0.4, 0.5) is 11.8 Å². The van der Waals surface area contributed by atoms with Crippen molar-refractivity contribution in [2.24, 2.45) is 5.92 Å². The molecule has 1 aromatic rings. The standard InChI is InChI=1S/C10H16N4/c1-6-4-8(6)13-9-5-7(2)12-10(11-3)14-9/h5-6,8H,4H2,1-3H3,(H2,11,12,13,14). The smallest absolute Gasteiger partial charge is 0.224 e. The highest BCUT2D eigenvalue weighted by Gasteiger charge is 2.32. The topological polar surface area (TPSA) is 49.8 Å². The van der Waals surface area contributed by atoms with Gasteiger partial charge in [-0.25, -0.2) is 4.98 Å². The van der Waals surface area contributed by atoms with Gasteiger partial charge in [-0.15, -0.1) is 0 Å².